The molecule has 9 amide bonds. The van der Waals surface area contributed by atoms with Gasteiger partial charge in [0.15, 0.2) is 0 Å². The normalized spacial score (nSPS) is 13.5. The maximum absolute atomic E-state index is 14.2. The summed E-state index contributed by atoms with van der Waals surface area (Å²) < 4.78 is 10.7. The number of ether oxygens (including phenoxy) is 2. The van der Waals surface area contributed by atoms with Gasteiger partial charge >= 0.3 is 11.9 Å². The number of nitrogens with zero attached hydrogens (tertiary/aromatic N) is 3. The minimum atomic E-state index is -1.73. The molecule has 32 heteroatoms. The number of hydrazine groups is 2. The molecule has 0 aromatic carbocycles. The lowest BCUT2D eigenvalue weighted by Crippen LogP contribution is -2.61. The Balaban J connectivity index is 1.82. The maximum Gasteiger partial charge on any atom is 0.317 e. The summed E-state index contributed by atoms with van der Waals surface area (Å²) in [6.07, 6.45) is 19.2. The standard InChI is InChI=1S/C53H92N16O16/c1-3-4-18-37(49(79)55-2)61-52(82)40(30-69(31-47(75)76)32-48(77)78)64-51(81)39(27-36-28-56-35-59-36)63-50(80)38(21-22-42(54)71)62-53(83)41(33-70)60-45(73)29-58-46(74)34-85-26-25-84-24-23-57-44(72)20-17-15-13-11-9-7-5-6-8-10-12-14-16-19-43-65-67-68-66-43/h28,35,37-41,67-68,70H,3-27,29-34H2,1-2H3,(H2,54,71)(H,55,79)(H,56,59)(H,57,72)(H,58,74)(H,60,73)(H,61,82)(H,62,83)(H,63,80)(H,64,81)(H,65,66)(H,75,76)(H,77,78)/t37-,38-,39-,40-,41-/m0/s1. The van der Waals surface area contributed by atoms with Crippen LogP contribution in [0.25, 0.3) is 0 Å². The lowest BCUT2D eigenvalue weighted by atomic mass is 10.0. The number of aliphatic hydroxyl groups excluding tert-OH is 1. The average Bonchev–Trinajstić information content (AvgIpc) is 4.38. The monoisotopic (exact) mass is 1210 g/mol. The van der Waals surface area contributed by atoms with Crippen LogP contribution in [-0.4, -0.2) is 204 Å². The Morgan fingerprint density at radius 3 is 1.75 bits per heavy atom. The zero-order valence-corrected chi connectivity index (χ0v) is 49.0. The minimum Gasteiger partial charge on any atom is -0.480 e. The van der Waals surface area contributed by atoms with Gasteiger partial charge in [-0.25, -0.2) is 10.5 Å². The van der Waals surface area contributed by atoms with Gasteiger partial charge in [-0.2, -0.15) is 0 Å². The van der Waals surface area contributed by atoms with Gasteiger partial charge in [0.05, 0.1) is 52.4 Å². The van der Waals surface area contributed by atoms with Crippen LogP contribution < -0.4 is 64.8 Å². The van der Waals surface area contributed by atoms with Gasteiger partial charge in [0.1, 0.15) is 42.7 Å². The third-order valence-electron chi connectivity index (χ3n) is 13.2. The van der Waals surface area contributed by atoms with Crippen LogP contribution in [-0.2, 0) is 68.6 Å². The van der Waals surface area contributed by atoms with Crippen molar-refractivity contribution in [2.45, 2.75) is 172 Å². The lowest BCUT2D eigenvalue weighted by Gasteiger charge is -2.29. The molecule has 0 bridgehead atoms. The molecule has 0 spiro atoms. The summed E-state index contributed by atoms with van der Waals surface area (Å²) in [4.78, 5) is 148. The van der Waals surface area contributed by atoms with E-state index in [1.807, 2.05) is 6.92 Å². The molecular weight excluding hydrogens is 1120 g/mol. The van der Waals surface area contributed by atoms with E-state index in [0.29, 0.717) is 25.8 Å². The number of unbranched alkanes of at least 4 members (excludes halogenated alkanes) is 13. The number of amidine groups is 1. The van der Waals surface area contributed by atoms with Crippen LogP contribution in [0.15, 0.2) is 17.6 Å². The number of aromatic amines is 1. The Hall–Kier alpha value is -7.55. The first-order chi connectivity index (χ1) is 40.8. The van der Waals surface area contributed by atoms with E-state index in [1.54, 1.807) is 0 Å². The van der Waals surface area contributed by atoms with Crippen LogP contribution in [0.2, 0.25) is 0 Å². The second-order valence-electron chi connectivity index (χ2n) is 20.4. The number of likely N-dealkylation sites (N-methyl/N-ethyl adjacent to an activating group) is 1. The fraction of sp³-hybridized carbons (Fsp3) is 0.717. The van der Waals surface area contributed by atoms with Crippen LogP contribution in [0.4, 0.5) is 0 Å². The van der Waals surface area contributed by atoms with E-state index in [0.717, 1.165) is 42.8 Å². The molecule has 1 aromatic rings. The molecule has 2 rings (SSSR count). The molecule has 1 aliphatic heterocycles. The summed E-state index contributed by atoms with van der Waals surface area (Å²) in [6, 6.07) is -7.86. The average molecular weight is 1210 g/mol. The van der Waals surface area contributed by atoms with Crippen molar-refractivity contribution in [1.29, 1.82) is 0 Å². The van der Waals surface area contributed by atoms with E-state index < -0.39 is 142 Å². The Labute approximate surface area is 494 Å². The van der Waals surface area contributed by atoms with E-state index in [-0.39, 0.29) is 44.3 Å². The van der Waals surface area contributed by atoms with Crippen LogP contribution in [0.5, 0.6) is 0 Å². The summed E-state index contributed by atoms with van der Waals surface area (Å²) in [6.45, 7) is -2.08. The van der Waals surface area contributed by atoms with Gasteiger partial charge in [-0.1, -0.05) is 90.4 Å². The smallest absolute Gasteiger partial charge is 0.317 e. The number of primary amides is 1. The van der Waals surface area contributed by atoms with Crippen molar-refractivity contribution in [3.63, 3.8) is 0 Å². The largest absolute Gasteiger partial charge is 0.480 e. The van der Waals surface area contributed by atoms with Crippen LogP contribution in [0.1, 0.15) is 141 Å². The van der Waals surface area contributed by atoms with E-state index in [1.165, 1.54) is 77.4 Å². The first-order valence-electron chi connectivity index (χ1n) is 29.1. The van der Waals surface area contributed by atoms with Crippen molar-refractivity contribution in [1.82, 2.24) is 73.9 Å². The van der Waals surface area contributed by atoms with Crippen molar-refractivity contribution < 1.29 is 77.5 Å². The summed E-state index contributed by atoms with van der Waals surface area (Å²) in [5.41, 5.74) is 14.0. The molecule has 85 heavy (non-hydrogen) atoms. The van der Waals surface area contributed by atoms with Gasteiger partial charge in [0, 0.05) is 57.7 Å². The van der Waals surface area contributed by atoms with Crippen molar-refractivity contribution in [2.24, 2.45) is 10.8 Å². The Bertz CT molecular complexity index is 2230. The van der Waals surface area contributed by atoms with E-state index in [4.69, 9.17) is 15.2 Å². The van der Waals surface area contributed by atoms with E-state index in [9.17, 15) is 68.1 Å². The Morgan fingerprint density at radius 2 is 1.19 bits per heavy atom. The molecule has 32 nitrogen and oxygen atoms in total. The Kier molecular flexibility index (Phi) is 38.9. The number of carbonyl (C=O) groups is 11. The Morgan fingerprint density at radius 1 is 0.624 bits per heavy atom. The highest BCUT2D eigenvalue weighted by atomic mass is 16.5. The molecule has 0 fully saturated rings. The van der Waals surface area contributed by atoms with Gasteiger partial charge in [0.25, 0.3) is 0 Å². The van der Waals surface area contributed by atoms with Crippen LogP contribution >= 0.6 is 0 Å². The second kappa shape index (κ2) is 44.9. The van der Waals surface area contributed by atoms with Crippen molar-refractivity contribution in [3.8, 4) is 0 Å². The summed E-state index contributed by atoms with van der Waals surface area (Å²) >= 11 is 0. The van der Waals surface area contributed by atoms with Gasteiger partial charge < -0.3 is 78.0 Å². The summed E-state index contributed by atoms with van der Waals surface area (Å²) in [5.74, 6) is -9.47. The number of aliphatic hydroxyl groups is 1. The number of hydrazone groups is 1. The van der Waals surface area contributed by atoms with E-state index >= 15 is 0 Å². The molecular formula is C53H92N16O16. The van der Waals surface area contributed by atoms with Gasteiger partial charge in [-0.15, -0.1) is 10.6 Å². The van der Waals surface area contributed by atoms with Crippen molar-refractivity contribution >= 4 is 70.9 Å². The number of nitrogens with two attached hydrogens (primary N) is 1. The number of carboxylic acids is 2. The number of aromatic nitrogens is 2. The summed E-state index contributed by atoms with van der Waals surface area (Å²) in [7, 11) is 1.34. The third kappa shape index (κ3) is 35.4. The highest BCUT2D eigenvalue weighted by Gasteiger charge is 2.34. The maximum atomic E-state index is 14.2. The van der Waals surface area contributed by atoms with E-state index in [2.05, 4.69) is 74.1 Å². The number of rotatable bonds is 51. The quantitative estimate of drug-likeness (QED) is 0.0291. The summed E-state index contributed by atoms with van der Waals surface area (Å²) in [5, 5.41) is 52.6. The number of carbonyl (C=O) groups excluding carboxylic acids is 9. The predicted octanol–water partition coefficient (Wildman–Crippen LogP) is -2.92. The molecule has 0 aliphatic carbocycles. The molecule has 0 radical (unpaired) electrons. The third-order valence-corrected chi connectivity index (χ3v) is 13.2. The molecule has 0 unspecified atom stereocenters. The number of imidazole rings is 1. The van der Waals surface area contributed by atoms with Crippen LogP contribution in [0.3, 0.4) is 0 Å². The molecule has 1 aromatic heterocycles. The first kappa shape index (κ1) is 73.6. The van der Waals surface area contributed by atoms with Gasteiger partial charge in [-0.3, -0.25) is 63.1 Å². The molecule has 17 N–H and O–H groups in total. The molecule has 0 saturated carbocycles. The highest BCUT2D eigenvalue weighted by Crippen LogP contribution is 2.14. The number of nitrogens with one attached hydrogen (secondary N) is 12. The number of amides is 9. The van der Waals surface area contributed by atoms with Gasteiger partial charge in [0.2, 0.25) is 53.2 Å². The fourth-order valence-corrected chi connectivity index (χ4v) is 8.61. The molecule has 5 atom stereocenters. The van der Waals surface area contributed by atoms with Crippen molar-refractivity contribution in [3.05, 3.63) is 18.2 Å². The molecule has 1 aliphatic rings. The molecule has 2 heterocycles. The minimum absolute atomic E-state index is 0.0189. The lowest BCUT2D eigenvalue weighted by molar-refractivity contribution is -0.143. The number of carboxylic acid groups (broad SMARTS) is 2. The SMILES string of the molecule is CCCC[C@H](NC(=O)[C@H](CN(CC(=O)O)CC(=O)O)NC(=O)[C@H](Cc1cnc[nH]1)NC(=O)[C@H](CCC(N)=O)NC(=O)[C@H](CO)NC(=O)CNC(=O)COCCOCCNC(=O)CCCCCCCCCCCCCCCC1=NNNN1)C(=O)NC. The van der Waals surface area contributed by atoms with Crippen molar-refractivity contribution in [2.75, 3.05) is 72.8 Å². The number of hydrogen-bond donors (Lipinski definition) is 16. The number of hydrogen-bond acceptors (Lipinski definition) is 20. The zero-order chi connectivity index (χ0) is 62.6. The molecule has 480 valence electrons. The second-order valence-corrected chi connectivity index (χ2v) is 20.4. The number of aliphatic carboxylic acids is 2. The first-order valence-corrected chi connectivity index (χ1v) is 29.1. The zero-order valence-electron chi connectivity index (χ0n) is 49.0. The highest BCUT2D eigenvalue weighted by molar-refractivity contribution is 5.97. The molecule has 0 saturated heterocycles. The van der Waals surface area contributed by atoms with Gasteiger partial charge in [-0.05, 0) is 25.7 Å². The predicted molar refractivity (Wildman–Crippen MR) is 307 cm³/mol. The topological polar surface area (TPSA) is 470 Å². The number of H-pyrrole nitrogens is 1. The fourth-order valence-electron chi connectivity index (χ4n) is 8.61. The van der Waals surface area contributed by atoms with Crippen LogP contribution in [0, 0.1) is 0 Å².